The van der Waals surface area contributed by atoms with Crippen LogP contribution < -0.4 is 5.56 Å². The number of nitrogens with one attached hydrogen (secondary N) is 1. The molecule has 24 heavy (non-hydrogen) atoms. The van der Waals surface area contributed by atoms with Crippen molar-refractivity contribution in [1.29, 1.82) is 0 Å². The quantitative estimate of drug-likeness (QED) is 0.622. The fourth-order valence-corrected chi connectivity index (χ4v) is 3.41. The molecule has 0 aliphatic rings. The standard InChI is InChI=1S/C18H16N4OS/c1-22(10-12-6-7-16-17(8-12)21-24-20-16)11-14-9-13-4-2-3-5-15(13)19-18(14)23/h2-9H,10-11H2,1H3,(H,19,23). The minimum Gasteiger partial charge on any atom is -0.322 e. The second-order valence-electron chi connectivity index (χ2n) is 5.97. The second kappa shape index (κ2) is 6.14. The number of hydrogen-bond donors (Lipinski definition) is 1. The first-order valence-corrected chi connectivity index (χ1v) is 8.43. The van der Waals surface area contributed by atoms with Crippen LogP contribution in [0.1, 0.15) is 11.1 Å². The van der Waals surface area contributed by atoms with E-state index in [0.29, 0.717) is 6.54 Å². The molecule has 2 aromatic heterocycles. The Morgan fingerprint density at radius 1 is 1.04 bits per heavy atom. The van der Waals surface area contributed by atoms with Gasteiger partial charge in [-0.3, -0.25) is 9.69 Å². The number of rotatable bonds is 4. The normalized spacial score (nSPS) is 11.6. The Bertz CT molecular complexity index is 1070. The van der Waals surface area contributed by atoms with Gasteiger partial charge >= 0.3 is 0 Å². The smallest absolute Gasteiger partial charge is 0.252 e. The van der Waals surface area contributed by atoms with Crippen molar-refractivity contribution in [3.8, 4) is 0 Å². The van der Waals surface area contributed by atoms with E-state index < -0.39 is 0 Å². The van der Waals surface area contributed by atoms with Crippen LogP contribution in [0.25, 0.3) is 21.9 Å². The summed E-state index contributed by atoms with van der Waals surface area (Å²) in [6.45, 7) is 1.34. The van der Waals surface area contributed by atoms with Gasteiger partial charge in [-0.05, 0) is 42.3 Å². The summed E-state index contributed by atoms with van der Waals surface area (Å²) in [6.07, 6.45) is 0. The monoisotopic (exact) mass is 336 g/mol. The predicted molar refractivity (Wildman–Crippen MR) is 97.2 cm³/mol. The highest BCUT2D eigenvalue weighted by atomic mass is 32.1. The van der Waals surface area contributed by atoms with Crippen molar-refractivity contribution >= 4 is 33.7 Å². The summed E-state index contributed by atoms with van der Waals surface area (Å²) in [5.41, 5.74) is 4.63. The Kier molecular flexibility index (Phi) is 3.84. The molecule has 120 valence electrons. The third kappa shape index (κ3) is 2.93. The van der Waals surface area contributed by atoms with Gasteiger partial charge in [0.1, 0.15) is 11.0 Å². The minimum absolute atomic E-state index is 0.0281. The van der Waals surface area contributed by atoms with E-state index in [-0.39, 0.29) is 5.56 Å². The van der Waals surface area contributed by atoms with Crippen LogP contribution in [0.4, 0.5) is 0 Å². The summed E-state index contributed by atoms with van der Waals surface area (Å²) in [4.78, 5) is 17.3. The molecule has 0 radical (unpaired) electrons. The van der Waals surface area contributed by atoms with Gasteiger partial charge in [0.05, 0.1) is 11.7 Å². The summed E-state index contributed by atoms with van der Waals surface area (Å²) in [7, 11) is 2.01. The van der Waals surface area contributed by atoms with Gasteiger partial charge in [0.25, 0.3) is 5.56 Å². The van der Waals surface area contributed by atoms with Gasteiger partial charge in [-0.2, -0.15) is 8.75 Å². The summed E-state index contributed by atoms with van der Waals surface area (Å²) in [5.74, 6) is 0. The van der Waals surface area contributed by atoms with E-state index in [1.54, 1.807) is 0 Å². The summed E-state index contributed by atoms with van der Waals surface area (Å²) < 4.78 is 8.49. The second-order valence-corrected chi connectivity index (χ2v) is 6.50. The maximum Gasteiger partial charge on any atom is 0.252 e. The first kappa shape index (κ1) is 15.0. The van der Waals surface area contributed by atoms with Crippen LogP contribution in [0.5, 0.6) is 0 Å². The zero-order valence-corrected chi connectivity index (χ0v) is 14.0. The molecule has 0 atom stereocenters. The molecule has 0 aliphatic carbocycles. The van der Waals surface area contributed by atoms with E-state index in [9.17, 15) is 4.79 Å². The number of benzene rings is 2. The fourth-order valence-electron chi connectivity index (χ4n) is 2.89. The van der Waals surface area contributed by atoms with Crippen molar-refractivity contribution in [3.63, 3.8) is 0 Å². The van der Waals surface area contributed by atoms with E-state index in [0.717, 1.165) is 39.6 Å². The van der Waals surface area contributed by atoms with Crippen molar-refractivity contribution in [3.05, 3.63) is 70.0 Å². The van der Waals surface area contributed by atoms with Crippen LogP contribution in [0.15, 0.2) is 53.3 Å². The number of nitrogens with zero attached hydrogens (tertiary/aromatic N) is 3. The molecule has 4 rings (SSSR count). The molecule has 0 fully saturated rings. The van der Waals surface area contributed by atoms with Crippen molar-refractivity contribution in [2.24, 2.45) is 0 Å². The minimum atomic E-state index is -0.0281. The highest BCUT2D eigenvalue weighted by molar-refractivity contribution is 7.00. The Hall–Kier alpha value is -2.57. The van der Waals surface area contributed by atoms with E-state index in [1.165, 1.54) is 11.7 Å². The van der Waals surface area contributed by atoms with Crippen LogP contribution >= 0.6 is 11.7 Å². The maximum atomic E-state index is 12.3. The predicted octanol–water partition coefficient (Wildman–Crippen LogP) is 3.16. The SMILES string of the molecule is CN(Cc1ccc2nsnc2c1)Cc1cc2ccccc2[nH]c1=O. The highest BCUT2D eigenvalue weighted by Crippen LogP contribution is 2.16. The van der Waals surface area contributed by atoms with Gasteiger partial charge in [-0.15, -0.1) is 0 Å². The van der Waals surface area contributed by atoms with E-state index in [4.69, 9.17) is 0 Å². The molecule has 6 heteroatoms. The molecule has 1 N–H and O–H groups in total. The highest BCUT2D eigenvalue weighted by Gasteiger charge is 2.08. The summed E-state index contributed by atoms with van der Waals surface area (Å²) in [6, 6.07) is 15.9. The van der Waals surface area contributed by atoms with Crippen molar-refractivity contribution < 1.29 is 0 Å². The molecule has 0 unspecified atom stereocenters. The topological polar surface area (TPSA) is 61.9 Å². The van der Waals surface area contributed by atoms with Gasteiger partial charge in [0.2, 0.25) is 0 Å². The van der Waals surface area contributed by atoms with Crippen molar-refractivity contribution in [2.45, 2.75) is 13.1 Å². The van der Waals surface area contributed by atoms with Gasteiger partial charge in [-0.1, -0.05) is 24.3 Å². The van der Waals surface area contributed by atoms with Gasteiger partial charge in [0.15, 0.2) is 0 Å². The number of fused-ring (bicyclic) bond motifs is 2. The number of H-pyrrole nitrogens is 1. The van der Waals surface area contributed by atoms with Gasteiger partial charge in [-0.25, -0.2) is 0 Å². The average molecular weight is 336 g/mol. The van der Waals surface area contributed by atoms with E-state index in [1.807, 2.05) is 43.4 Å². The van der Waals surface area contributed by atoms with Crippen LogP contribution in [0.2, 0.25) is 0 Å². The zero-order chi connectivity index (χ0) is 16.5. The molecule has 0 saturated heterocycles. The molecular weight excluding hydrogens is 320 g/mol. The first-order chi connectivity index (χ1) is 11.7. The molecule has 0 bridgehead atoms. The number of para-hydroxylation sites is 1. The van der Waals surface area contributed by atoms with Gasteiger partial charge < -0.3 is 4.98 Å². The lowest BCUT2D eigenvalue weighted by Crippen LogP contribution is -2.23. The fraction of sp³-hybridized carbons (Fsp3) is 0.167. The van der Waals surface area contributed by atoms with E-state index >= 15 is 0 Å². The average Bonchev–Trinajstić information content (AvgIpc) is 3.03. The third-order valence-corrected chi connectivity index (χ3v) is 4.60. The Balaban J connectivity index is 1.56. The van der Waals surface area contributed by atoms with Gasteiger partial charge in [0, 0.05) is 24.2 Å². The molecule has 4 aromatic rings. The maximum absolute atomic E-state index is 12.3. The Morgan fingerprint density at radius 3 is 2.79 bits per heavy atom. The molecule has 0 amide bonds. The van der Waals surface area contributed by atoms with Crippen LogP contribution in [0.3, 0.4) is 0 Å². The zero-order valence-electron chi connectivity index (χ0n) is 13.2. The first-order valence-electron chi connectivity index (χ1n) is 7.70. The lowest BCUT2D eigenvalue weighted by atomic mass is 10.1. The third-order valence-electron chi connectivity index (χ3n) is 4.04. The molecule has 0 aliphatic heterocycles. The Labute approximate surface area is 142 Å². The van der Waals surface area contributed by atoms with Crippen molar-refractivity contribution in [1.82, 2.24) is 18.6 Å². The summed E-state index contributed by atoms with van der Waals surface area (Å²) >= 11 is 1.23. The van der Waals surface area contributed by atoms with Crippen LogP contribution in [0, 0.1) is 0 Å². The largest absolute Gasteiger partial charge is 0.322 e. The lowest BCUT2D eigenvalue weighted by Gasteiger charge is -2.16. The lowest BCUT2D eigenvalue weighted by molar-refractivity contribution is 0.318. The van der Waals surface area contributed by atoms with Crippen LogP contribution in [-0.2, 0) is 13.1 Å². The number of pyridine rings is 1. The number of aromatic amines is 1. The van der Waals surface area contributed by atoms with Crippen molar-refractivity contribution in [2.75, 3.05) is 7.05 Å². The molecule has 5 nitrogen and oxygen atoms in total. The van der Waals surface area contributed by atoms with E-state index in [2.05, 4.69) is 30.8 Å². The van der Waals surface area contributed by atoms with Crippen LogP contribution in [-0.4, -0.2) is 25.7 Å². The summed E-state index contributed by atoms with van der Waals surface area (Å²) in [5, 5.41) is 1.05. The molecule has 2 heterocycles. The molecule has 2 aromatic carbocycles. The number of aromatic nitrogens is 3. The molecule has 0 spiro atoms. The molecule has 0 saturated carbocycles. The Morgan fingerprint density at radius 2 is 1.88 bits per heavy atom. The number of hydrogen-bond acceptors (Lipinski definition) is 5. The molecular formula is C18H16N4OS.